The summed E-state index contributed by atoms with van der Waals surface area (Å²) in [5, 5.41) is 12.4. The van der Waals surface area contributed by atoms with Crippen LogP contribution in [-0.2, 0) is 16.0 Å². The molecule has 8 heteroatoms. The summed E-state index contributed by atoms with van der Waals surface area (Å²) in [5.74, 6) is -0.912. The van der Waals surface area contributed by atoms with E-state index in [1.54, 1.807) is 57.2 Å². The van der Waals surface area contributed by atoms with Gasteiger partial charge in [-0.15, -0.1) is 0 Å². The first-order valence-corrected chi connectivity index (χ1v) is 10.3. The smallest absolute Gasteiger partial charge is 0.408 e. The SMILES string of the molecule is CC(C)(C)OC(=O)c1ccc(NC(=O)C2c3cccc(Br)c3CCN2C(=O)O)cc1. The van der Waals surface area contributed by atoms with Crippen LogP contribution in [0.3, 0.4) is 0 Å². The van der Waals surface area contributed by atoms with Gasteiger partial charge in [-0.05, 0) is 68.7 Å². The lowest BCUT2D eigenvalue weighted by Crippen LogP contribution is -2.44. The number of ether oxygens (including phenoxy) is 1. The summed E-state index contributed by atoms with van der Waals surface area (Å²) in [5.41, 5.74) is 1.80. The predicted molar refractivity (Wildman–Crippen MR) is 116 cm³/mol. The first kappa shape index (κ1) is 21.8. The fourth-order valence-electron chi connectivity index (χ4n) is 3.35. The van der Waals surface area contributed by atoms with Gasteiger partial charge in [-0.2, -0.15) is 0 Å². The maximum atomic E-state index is 13.0. The number of carboxylic acid groups (broad SMARTS) is 1. The number of halogens is 1. The summed E-state index contributed by atoms with van der Waals surface area (Å²) < 4.78 is 6.18. The highest BCUT2D eigenvalue weighted by molar-refractivity contribution is 9.10. The zero-order valence-corrected chi connectivity index (χ0v) is 18.5. The second-order valence-corrected chi connectivity index (χ2v) is 8.86. The van der Waals surface area contributed by atoms with E-state index in [9.17, 15) is 19.5 Å². The van der Waals surface area contributed by atoms with Crippen LogP contribution in [0, 0.1) is 0 Å². The number of amides is 2. The molecule has 0 spiro atoms. The second-order valence-electron chi connectivity index (χ2n) is 8.00. The van der Waals surface area contributed by atoms with Gasteiger partial charge in [0.2, 0.25) is 0 Å². The molecule has 2 N–H and O–H groups in total. The Morgan fingerprint density at radius 3 is 2.40 bits per heavy atom. The zero-order valence-electron chi connectivity index (χ0n) is 16.9. The normalized spacial score (nSPS) is 15.9. The minimum absolute atomic E-state index is 0.223. The molecule has 1 unspecified atom stereocenters. The van der Waals surface area contributed by atoms with Gasteiger partial charge in [-0.25, -0.2) is 9.59 Å². The Labute approximate surface area is 183 Å². The van der Waals surface area contributed by atoms with E-state index in [2.05, 4.69) is 21.2 Å². The minimum atomic E-state index is -1.15. The molecule has 1 heterocycles. The largest absolute Gasteiger partial charge is 0.465 e. The molecule has 2 aromatic carbocycles. The third kappa shape index (κ3) is 4.81. The van der Waals surface area contributed by atoms with Crippen LogP contribution in [-0.4, -0.2) is 40.1 Å². The van der Waals surface area contributed by atoms with Crippen molar-refractivity contribution in [2.75, 3.05) is 11.9 Å². The molecule has 0 bridgehead atoms. The topological polar surface area (TPSA) is 95.9 Å². The molecule has 0 saturated carbocycles. The van der Waals surface area contributed by atoms with Crippen molar-refractivity contribution < 1.29 is 24.2 Å². The van der Waals surface area contributed by atoms with Crippen LogP contribution < -0.4 is 5.32 Å². The number of benzene rings is 2. The van der Waals surface area contributed by atoms with Gasteiger partial charge < -0.3 is 15.2 Å². The first-order valence-electron chi connectivity index (χ1n) is 9.48. The maximum absolute atomic E-state index is 13.0. The molecule has 1 aliphatic rings. The fraction of sp³-hybridized carbons (Fsp3) is 0.318. The Hall–Kier alpha value is -2.87. The van der Waals surface area contributed by atoms with Gasteiger partial charge in [0, 0.05) is 16.7 Å². The lowest BCUT2D eigenvalue weighted by Gasteiger charge is -2.34. The quantitative estimate of drug-likeness (QED) is 0.632. The summed E-state index contributed by atoms with van der Waals surface area (Å²) in [6.07, 6.45) is -0.627. The van der Waals surface area contributed by atoms with E-state index < -0.39 is 29.6 Å². The van der Waals surface area contributed by atoms with Crippen molar-refractivity contribution >= 4 is 39.6 Å². The van der Waals surface area contributed by atoms with E-state index in [0.717, 1.165) is 14.9 Å². The fourth-order valence-corrected chi connectivity index (χ4v) is 3.93. The van der Waals surface area contributed by atoms with Crippen molar-refractivity contribution in [1.82, 2.24) is 4.90 Å². The maximum Gasteiger partial charge on any atom is 0.408 e. The molecule has 2 aromatic rings. The standard InChI is InChI=1S/C22H23BrN2O5/c1-22(2,3)30-20(27)13-7-9-14(10-8-13)24-19(26)18-16-5-4-6-17(23)15(16)11-12-25(18)21(28)29/h4-10,18H,11-12H2,1-3H3,(H,24,26)(H,28,29). The van der Waals surface area contributed by atoms with Crippen molar-refractivity contribution in [2.24, 2.45) is 0 Å². The monoisotopic (exact) mass is 474 g/mol. The number of esters is 1. The number of fused-ring (bicyclic) bond motifs is 1. The van der Waals surface area contributed by atoms with Crippen molar-refractivity contribution in [2.45, 2.75) is 38.8 Å². The van der Waals surface area contributed by atoms with E-state index >= 15 is 0 Å². The molecule has 0 aromatic heterocycles. The van der Waals surface area contributed by atoms with Crippen LogP contribution in [0.15, 0.2) is 46.9 Å². The third-order valence-corrected chi connectivity index (χ3v) is 5.39. The Morgan fingerprint density at radius 2 is 1.80 bits per heavy atom. The van der Waals surface area contributed by atoms with Gasteiger partial charge in [0.1, 0.15) is 11.6 Å². The predicted octanol–water partition coefficient (Wildman–Crippen LogP) is 4.62. The Balaban J connectivity index is 1.82. The molecule has 0 aliphatic carbocycles. The molecule has 3 rings (SSSR count). The average Bonchev–Trinajstić information content (AvgIpc) is 2.66. The molecule has 2 amide bonds. The highest BCUT2D eigenvalue weighted by atomic mass is 79.9. The number of carbonyl (C=O) groups is 3. The molecule has 1 atom stereocenters. The number of anilines is 1. The number of hydrogen-bond donors (Lipinski definition) is 2. The summed E-state index contributed by atoms with van der Waals surface area (Å²) in [7, 11) is 0. The van der Waals surface area contributed by atoms with Crippen molar-refractivity contribution in [3.05, 3.63) is 63.6 Å². The first-order chi connectivity index (χ1) is 14.1. The van der Waals surface area contributed by atoms with Crippen molar-refractivity contribution in [1.29, 1.82) is 0 Å². The van der Waals surface area contributed by atoms with Crippen molar-refractivity contribution in [3.63, 3.8) is 0 Å². The highest BCUT2D eigenvalue weighted by Crippen LogP contribution is 2.34. The number of nitrogens with zero attached hydrogens (tertiary/aromatic N) is 1. The minimum Gasteiger partial charge on any atom is -0.465 e. The molecular formula is C22H23BrN2O5. The highest BCUT2D eigenvalue weighted by Gasteiger charge is 2.36. The molecule has 30 heavy (non-hydrogen) atoms. The summed E-state index contributed by atoms with van der Waals surface area (Å²) in [6.45, 7) is 5.58. The van der Waals surface area contributed by atoms with E-state index in [1.807, 2.05) is 6.07 Å². The third-order valence-electron chi connectivity index (χ3n) is 4.65. The van der Waals surface area contributed by atoms with E-state index in [-0.39, 0.29) is 6.54 Å². The van der Waals surface area contributed by atoms with Gasteiger partial charge in [0.25, 0.3) is 5.91 Å². The number of nitrogens with one attached hydrogen (secondary N) is 1. The number of hydrogen-bond acceptors (Lipinski definition) is 4. The number of carbonyl (C=O) groups excluding carboxylic acids is 2. The second kappa shape index (κ2) is 8.47. The van der Waals surface area contributed by atoms with Crippen LogP contribution in [0.4, 0.5) is 10.5 Å². The number of rotatable bonds is 3. The van der Waals surface area contributed by atoms with E-state index in [4.69, 9.17) is 4.74 Å². The Kier molecular flexibility index (Phi) is 6.17. The van der Waals surface area contributed by atoms with Crippen LogP contribution in [0.2, 0.25) is 0 Å². The molecular weight excluding hydrogens is 452 g/mol. The van der Waals surface area contributed by atoms with Gasteiger partial charge in [0.05, 0.1) is 5.56 Å². The molecule has 1 aliphatic heterocycles. The Morgan fingerprint density at radius 1 is 1.13 bits per heavy atom. The van der Waals surface area contributed by atoms with Gasteiger partial charge in [-0.1, -0.05) is 28.1 Å². The van der Waals surface area contributed by atoms with Gasteiger partial charge in [-0.3, -0.25) is 9.69 Å². The Bertz CT molecular complexity index is 982. The summed E-state index contributed by atoms with van der Waals surface area (Å²) >= 11 is 3.48. The summed E-state index contributed by atoms with van der Waals surface area (Å²) in [4.78, 5) is 38.1. The molecule has 158 valence electrons. The summed E-state index contributed by atoms with van der Waals surface area (Å²) in [6, 6.07) is 10.8. The van der Waals surface area contributed by atoms with E-state index in [0.29, 0.717) is 23.2 Å². The van der Waals surface area contributed by atoms with Crippen molar-refractivity contribution in [3.8, 4) is 0 Å². The van der Waals surface area contributed by atoms with Crippen LogP contribution in [0.25, 0.3) is 0 Å². The molecule has 0 radical (unpaired) electrons. The van der Waals surface area contributed by atoms with E-state index in [1.165, 1.54) is 0 Å². The zero-order chi connectivity index (χ0) is 22.1. The molecule has 0 saturated heterocycles. The molecule has 0 fully saturated rings. The van der Waals surface area contributed by atoms with Crippen LogP contribution >= 0.6 is 15.9 Å². The average molecular weight is 475 g/mol. The lowest BCUT2D eigenvalue weighted by molar-refractivity contribution is -0.121. The van der Waals surface area contributed by atoms with Crippen LogP contribution in [0.5, 0.6) is 0 Å². The molecule has 7 nitrogen and oxygen atoms in total. The van der Waals surface area contributed by atoms with Gasteiger partial charge >= 0.3 is 12.1 Å². The van der Waals surface area contributed by atoms with Crippen LogP contribution in [0.1, 0.15) is 48.3 Å². The van der Waals surface area contributed by atoms with Gasteiger partial charge in [0.15, 0.2) is 0 Å². The lowest BCUT2D eigenvalue weighted by atomic mass is 9.92.